The molecular weight excluding hydrogens is 342 g/mol. The Kier molecular flexibility index (Phi) is 4.40. The lowest BCUT2D eigenvalue weighted by Gasteiger charge is -2.07. The summed E-state index contributed by atoms with van der Waals surface area (Å²) < 4.78 is 1.31. The number of fused-ring (bicyclic) bond motifs is 1. The van der Waals surface area contributed by atoms with E-state index >= 15 is 0 Å². The van der Waals surface area contributed by atoms with Gasteiger partial charge in [0.1, 0.15) is 11.3 Å². The molecule has 0 aliphatic heterocycles. The molecule has 4 aromatic rings. The molecule has 7 heteroatoms. The molecule has 0 aliphatic rings. The molecule has 7 nitrogen and oxygen atoms in total. The lowest BCUT2D eigenvalue weighted by Crippen LogP contribution is -2.24. The molecule has 132 valence electrons. The maximum Gasteiger partial charge on any atom is 0.277 e. The number of pyridine rings is 1. The molecule has 0 fully saturated rings. The Balaban J connectivity index is 1.52. The highest BCUT2D eigenvalue weighted by Crippen LogP contribution is 2.09. The number of benzene rings is 2. The third-order valence-electron chi connectivity index (χ3n) is 4.08. The van der Waals surface area contributed by atoms with Crippen LogP contribution >= 0.6 is 0 Å². The molecule has 1 amide bonds. The first kappa shape index (κ1) is 16.6. The van der Waals surface area contributed by atoms with Crippen molar-refractivity contribution >= 4 is 22.6 Å². The van der Waals surface area contributed by atoms with E-state index in [1.54, 1.807) is 66.9 Å². The van der Waals surface area contributed by atoms with Crippen LogP contribution in [0, 0.1) is 0 Å². The van der Waals surface area contributed by atoms with Crippen LogP contribution in [0.4, 0.5) is 5.82 Å². The second kappa shape index (κ2) is 7.17. The minimum atomic E-state index is -0.247. The molecular formula is C20H15N5O2. The highest BCUT2D eigenvalue weighted by Gasteiger charge is 2.08. The number of anilines is 1. The van der Waals surface area contributed by atoms with Crippen LogP contribution in [0.1, 0.15) is 15.9 Å². The number of carbonyl (C=O) groups excluding carboxylic acids is 1. The van der Waals surface area contributed by atoms with E-state index in [4.69, 9.17) is 0 Å². The Bertz CT molecular complexity index is 1150. The van der Waals surface area contributed by atoms with E-state index in [1.165, 1.54) is 4.68 Å². The Morgan fingerprint density at radius 3 is 2.52 bits per heavy atom. The fraction of sp³-hybridized carbons (Fsp3) is 0.0500. The minimum absolute atomic E-state index is 0.197. The Labute approximate surface area is 154 Å². The predicted molar refractivity (Wildman–Crippen MR) is 102 cm³/mol. The average molecular weight is 357 g/mol. The van der Waals surface area contributed by atoms with E-state index in [2.05, 4.69) is 20.6 Å². The molecule has 4 rings (SSSR count). The number of carbonyl (C=O) groups is 1. The first-order chi connectivity index (χ1) is 13.2. The highest BCUT2D eigenvalue weighted by molar-refractivity contribution is 6.03. The van der Waals surface area contributed by atoms with Crippen LogP contribution < -0.4 is 10.9 Å². The van der Waals surface area contributed by atoms with Crippen LogP contribution in [-0.4, -0.2) is 25.9 Å². The number of rotatable bonds is 4. The zero-order valence-corrected chi connectivity index (χ0v) is 14.2. The standard InChI is InChI=1S/C20H15N5O2/c26-19(22-18-7-3-4-12-21-18)15-10-8-14(9-11-15)13-25-20(27)16-5-1-2-6-17(16)23-24-25/h1-12H,13H2,(H,21,22,26). The first-order valence-corrected chi connectivity index (χ1v) is 8.34. The van der Waals surface area contributed by atoms with Gasteiger partial charge in [0, 0.05) is 11.8 Å². The van der Waals surface area contributed by atoms with Crippen LogP contribution in [0.5, 0.6) is 0 Å². The average Bonchev–Trinajstić information content (AvgIpc) is 2.71. The Morgan fingerprint density at radius 1 is 0.963 bits per heavy atom. The molecule has 0 aliphatic carbocycles. The number of aromatic nitrogens is 4. The lowest BCUT2D eigenvalue weighted by molar-refractivity contribution is 0.102. The van der Waals surface area contributed by atoms with Crippen molar-refractivity contribution in [3.8, 4) is 0 Å². The van der Waals surface area contributed by atoms with E-state index < -0.39 is 0 Å². The Morgan fingerprint density at radius 2 is 1.74 bits per heavy atom. The summed E-state index contributed by atoms with van der Waals surface area (Å²) in [6.45, 7) is 0.277. The number of amides is 1. The van der Waals surface area contributed by atoms with Crippen molar-refractivity contribution in [3.63, 3.8) is 0 Å². The van der Waals surface area contributed by atoms with Gasteiger partial charge in [-0.2, -0.15) is 0 Å². The number of nitrogens with zero attached hydrogens (tertiary/aromatic N) is 4. The van der Waals surface area contributed by atoms with Gasteiger partial charge in [0.05, 0.1) is 11.9 Å². The molecule has 0 saturated heterocycles. The Hall–Kier alpha value is -3.87. The van der Waals surface area contributed by atoms with E-state index in [0.717, 1.165) is 5.56 Å². The van der Waals surface area contributed by atoms with Gasteiger partial charge in [0.2, 0.25) is 0 Å². The second-order valence-corrected chi connectivity index (χ2v) is 5.94. The maximum absolute atomic E-state index is 12.5. The molecule has 2 heterocycles. The summed E-state index contributed by atoms with van der Waals surface area (Å²) in [5.74, 6) is 0.243. The van der Waals surface area contributed by atoms with Crippen LogP contribution in [0.3, 0.4) is 0 Å². The molecule has 0 saturated carbocycles. The van der Waals surface area contributed by atoms with Crippen molar-refractivity contribution in [1.82, 2.24) is 20.0 Å². The maximum atomic E-state index is 12.5. The third-order valence-corrected chi connectivity index (χ3v) is 4.08. The topological polar surface area (TPSA) is 89.8 Å². The monoisotopic (exact) mass is 357 g/mol. The van der Waals surface area contributed by atoms with Gasteiger partial charge in [-0.15, -0.1) is 5.10 Å². The summed E-state index contributed by atoms with van der Waals surface area (Å²) in [5, 5.41) is 11.3. The fourth-order valence-corrected chi connectivity index (χ4v) is 2.69. The van der Waals surface area contributed by atoms with Crippen molar-refractivity contribution < 1.29 is 4.79 Å². The summed E-state index contributed by atoms with van der Waals surface area (Å²) >= 11 is 0. The third kappa shape index (κ3) is 3.57. The molecule has 0 spiro atoms. The van der Waals surface area contributed by atoms with Gasteiger partial charge in [-0.1, -0.05) is 35.5 Å². The zero-order chi connectivity index (χ0) is 18.6. The molecule has 2 aromatic carbocycles. The smallest absolute Gasteiger partial charge is 0.277 e. The summed E-state index contributed by atoms with van der Waals surface area (Å²) in [6.07, 6.45) is 1.61. The van der Waals surface area contributed by atoms with E-state index in [0.29, 0.717) is 22.3 Å². The van der Waals surface area contributed by atoms with Crippen molar-refractivity contribution in [2.75, 3.05) is 5.32 Å². The SMILES string of the molecule is O=C(Nc1ccccn1)c1ccc(Cn2nnc3ccccc3c2=O)cc1. The van der Waals surface area contributed by atoms with Crippen molar-refractivity contribution in [2.45, 2.75) is 6.54 Å². The molecule has 1 N–H and O–H groups in total. The minimum Gasteiger partial charge on any atom is -0.307 e. The molecule has 0 radical (unpaired) electrons. The number of hydrogen-bond acceptors (Lipinski definition) is 5. The van der Waals surface area contributed by atoms with Gasteiger partial charge in [0.15, 0.2) is 0 Å². The van der Waals surface area contributed by atoms with Gasteiger partial charge < -0.3 is 5.32 Å². The van der Waals surface area contributed by atoms with Gasteiger partial charge in [-0.05, 0) is 42.0 Å². The lowest BCUT2D eigenvalue weighted by atomic mass is 10.1. The van der Waals surface area contributed by atoms with E-state index in [-0.39, 0.29) is 18.0 Å². The van der Waals surface area contributed by atoms with Crippen LogP contribution in [-0.2, 0) is 6.54 Å². The van der Waals surface area contributed by atoms with Gasteiger partial charge in [-0.25, -0.2) is 9.67 Å². The van der Waals surface area contributed by atoms with Gasteiger partial charge in [-0.3, -0.25) is 9.59 Å². The van der Waals surface area contributed by atoms with Gasteiger partial charge in [0.25, 0.3) is 11.5 Å². The van der Waals surface area contributed by atoms with Gasteiger partial charge >= 0.3 is 0 Å². The largest absolute Gasteiger partial charge is 0.307 e. The highest BCUT2D eigenvalue weighted by atomic mass is 16.1. The van der Waals surface area contributed by atoms with Crippen molar-refractivity contribution in [3.05, 3.63) is 94.4 Å². The van der Waals surface area contributed by atoms with Crippen molar-refractivity contribution in [1.29, 1.82) is 0 Å². The quantitative estimate of drug-likeness (QED) is 0.606. The molecule has 0 bridgehead atoms. The molecule has 0 unspecified atom stereocenters. The molecule has 0 atom stereocenters. The molecule has 2 aromatic heterocycles. The number of hydrogen-bond donors (Lipinski definition) is 1. The number of nitrogens with one attached hydrogen (secondary N) is 1. The second-order valence-electron chi connectivity index (χ2n) is 5.94. The fourth-order valence-electron chi connectivity index (χ4n) is 2.69. The summed E-state index contributed by atoms with van der Waals surface area (Å²) in [6, 6.07) is 19.4. The molecule has 27 heavy (non-hydrogen) atoms. The van der Waals surface area contributed by atoms with Crippen LogP contribution in [0.2, 0.25) is 0 Å². The van der Waals surface area contributed by atoms with Crippen LogP contribution in [0.25, 0.3) is 10.9 Å². The predicted octanol–water partition coefficient (Wildman–Crippen LogP) is 2.49. The summed E-state index contributed by atoms with van der Waals surface area (Å²) in [7, 11) is 0. The summed E-state index contributed by atoms with van der Waals surface area (Å²) in [4.78, 5) is 28.8. The van der Waals surface area contributed by atoms with Crippen LogP contribution in [0.15, 0.2) is 77.7 Å². The zero-order valence-electron chi connectivity index (χ0n) is 14.2. The van der Waals surface area contributed by atoms with E-state index in [9.17, 15) is 9.59 Å². The first-order valence-electron chi connectivity index (χ1n) is 8.34. The van der Waals surface area contributed by atoms with E-state index in [1.807, 2.05) is 6.07 Å². The normalized spacial score (nSPS) is 10.7. The van der Waals surface area contributed by atoms with Crippen molar-refractivity contribution in [2.24, 2.45) is 0 Å². The summed E-state index contributed by atoms with van der Waals surface area (Å²) in [5.41, 5.74) is 1.72.